The molecule has 0 saturated carbocycles. The average Bonchev–Trinajstić information content (AvgIpc) is 2.77. The number of benzene rings is 1. The normalized spacial score (nSPS) is 12.7. The average molecular weight is 218 g/mol. The maximum Gasteiger partial charge on any atom is 0.105 e. The van der Waals surface area contributed by atoms with Crippen molar-refractivity contribution in [1.29, 1.82) is 0 Å². The van der Waals surface area contributed by atoms with E-state index in [1.54, 1.807) is 11.3 Å². The molecule has 0 fully saturated rings. The maximum atomic E-state index is 10.2. The van der Waals surface area contributed by atoms with Crippen molar-refractivity contribution >= 4 is 11.3 Å². The number of rotatable bonds is 3. The van der Waals surface area contributed by atoms with Gasteiger partial charge in [-0.25, -0.2) is 0 Å². The summed E-state index contributed by atoms with van der Waals surface area (Å²) in [5, 5.41) is 14.4. The van der Waals surface area contributed by atoms with E-state index in [1.165, 1.54) is 5.56 Å². The van der Waals surface area contributed by atoms with E-state index < -0.39 is 6.10 Å². The zero-order valence-electron chi connectivity index (χ0n) is 8.68. The molecule has 1 heterocycles. The molecule has 2 rings (SSSR count). The van der Waals surface area contributed by atoms with Gasteiger partial charge in [0.15, 0.2) is 0 Å². The first-order chi connectivity index (χ1) is 7.33. The minimum absolute atomic E-state index is 0.479. The number of thiophene rings is 1. The van der Waals surface area contributed by atoms with E-state index in [9.17, 15) is 5.11 Å². The highest BCUT2D eigenvalue weighted by molar-refractivity contribution is 7.08. The number of hydrogen-bond acceptors (Lipinski definition) is 2. The summed E-state index contributed by atoms with van der Waals surface area (Å²) in [6.45, 7) is 2.11. The van der Waals surface area contributed by atoms with Crippen LogP contribution in [-0.4, -0.2) is 5.11 Å². The first kappa shape index (κ1) is 10.4. The smallest absolute Gasteiger partial charge is 0.105 e. The van der Waals surface area contributed by atoms with Crippen molar-refractivity contribution in [2.45, 2.75) is 19.4 Å². The Kier molecular flexibility index (Phi) is 3.19. The Bertz CT molecular complexity index is 419. The Labute approximate surface area is 94.0 Å². The van der Waals surface area contributed by atoms with Gasteiger partial charge < -0.3 is 5.11 Å². The molecule has 0 aliphatic rings. The van der Waals surface area contributed by atoms with Gasteiger partial charge in [0.25, 0.3) is 0 Å². The summed E-state index contributed by atoms with van der Waals surface area (Å²) in [5.41, 5.74) is 3.26. The highest BCUT2D eigenvalue weighted by Gasteiger charge is 2.13. The summed E-state index contributed by atoms with van der Waals surface area (Å²) < 4.78 is 0. The van der Waals surface area contributed by atoms with Crippen molar-refractivity contribution in [3.8, 4) is 0 Å². The van der Waals surface area contributed by atoms with Gasteiger partial charge in [0.1, 0.15) is 6.10 Å². The van der Waals surface area contributed by atoms with Crippen LogP contribution in [0.2, 0.25) is 0 Å². The lowest BCUT2D eigenvalue weighted by atomic mass is 10.00. The third-order valence-corrected chi connectivity index (χ3v) is 3.38. The molecule has 0 aliphatic heterocycles. The number of aliphatic hydroxyl groups excluding tert-OH is 1. The van der Waals surface area contributed by atoms with Crippen molar-refractivity contribution in [2.75, 3.05) is 0 Å². The van der Waals surface area contributed by atoms with E-state index >= 15 is 0 Å². The van der Waals surface area contributed by atoms with Crippen molar-refractivity contribution in [2.24, 2.45) is 0 Å². The monoisotopic (exact) mass is 218 g/mol. The minimum atomic E-state index is -0.479. The Balaban J connectivity index is 2.32. The van der Waals surface area contributed by atoms with Gasteiger partial charge in [-0.2, -0.15) is 11.3 Å². The fourth-order valence-electron chi connectivity index (χ4n) is 1.68. The van der Waals surface area contributed by atoms with Gasteiger partial charge >= 0.3 is 0 Å². The molecule has 1 unspecified atom stereocenters. The zero-order valence-corrected chi connectivity index (χ0v) is 9.50. The van der Waals surface area contributed by atoms with Gasteiger partial charge in [0.05, 0.1) is 0 Å². The lowest BCUT2D eigenvalue weighted by Gasteiger charge is -2.11. The molecule has 0 radical (unpaired) electrons. The Hall–Kier alpha value is -1.12. The van der Waals surface area contributed by atoms with Gasteiger partial charge in [-0.3, -0.25) is 0 Å². The van der Waals surface area contributed by atoms with Crippen LogP contribution >= 0.6 is 11.3 Å². The molecule has 1 nitrogen and oxygen atoms in total. The van der Waals surface area contributed by atoms with E-state index in [4.69, 9.17) is 0 Å². The molecule has 1 aromatic carbocycles. The molecular formula is C13H14OS. The highest BCUT2D eigenvalue weighted by atomic mass is 32.1. The van der Waals surface area contributed by atoms with E-state index in [0.717, 1.165) is 17.5 Å². The fourth-order valence-corrected chi connectivity index (χ4v) is 2.64. The number of aryl methyl sites for hydroxylation is 1. The molecular weight excluding hydrogens is 204 g/mol. The molecule has 0 saturated heterocycles. The molecule has 0 bridgehead atoms. The summed E-state index contributed by atoms with van der Waals surface area (Å²) in [5.74, 6) is 0. The SMILES string of the molecule is CCc1cscc1C(O)c1ccccc1. The van der Waals surface area contributed by atoms with Gasteiger partial charge in [-0.1, -0.05) is 37.3 Å². The Morgan fingerprint density at radius 3 is 2.60 bits per heavy atom. The summed E-state index contributed by atoms with van der Waals surface area (Å²) in [7, 11) is 0. The van der Waals surface area contributed by atoms with Crippen LogP contribution in [0.3, 0.4) is 0 Å². The van der Waals surface area contributed by atoms with Gasteiger partial charge in [-0.15, -0.1) is 0 Å². The molecule has 0 aliphatic carbocycles. The molecule has 1 atom stereocenters. The molecule has 0 spiro atoms. The van der Waals surface area contributed by atoms with E-state index in [0.29, 0.717) is 0 Å². The van der Waals surface area contributed by atoms with Crippen LogP contribution in [0.1, 0.15) is 29.7 Å². The minimum Gasteiger partial charge on any atom is -0.384 e. The van der Waals surface area contributed by atoms with E-state index in [1.807, 2.05) is 35.7 Å². The molecule has 78 valence electrons. The molecule has 1 N–H and O–H groups in total. The Morgan fingerprint density at radius 2 is 1.93 bits per heavy atom. The maximum absolute atomic E-state index is 10.2. The second-order valence-corrected chi connectivity index (χ2v) is 4.26. The van der Waals surface area contributed by atoms with Crippen molar-refractivity contribution in [3.05, 3.63) is 57.8 Å². The van der Waals surface area contributed by atoms with Crippen LogP contribution in [0.5, 0.6) is 0 Å². The van der Waals surface area contributed by atoms with Crippen LogP contribution in [0.15, 0.2) is 41.1 Å². The van der Waals surface area contributed by atoms with Crippen LogP contribution in [0, 0.1) is 0 Å². The number of hydrogen-bond donors (Lipinski definition) is 1. The quantitative estimate of drug-likeness (QED) is 0.837. The summed E-state index contributed by atoms with van der Waals surface area (Å²) in [6, 6.07) is 9.79. The van der Waals surface area contributed by atoms with Crippen LogP contribution < -0.4 is 0 Å². The predicted octanol–water partition coefficient (Wildman–Crippen LogP) is 3.39. The molecule has 2 aromatic rings. The standard InChI is InChI=1S/C13H14OS/c1-2-10-8-15-9-12(10)13(14)11-6-4-3-5-7-11/h3-9,13-14H,2H2,1H3. The summed E-state index contributed by atoms with van der Waals surface area (Å²) in [4.78, 5) is 0. The first-order valence-corrected chi connectivity index (χ1v) is 6.05. The van der Waals surface area contributed by atoms with Crippen molar-refractivity contribution < 1.29 is 5.11 Å². The van der Waals surface area contributed by atoms with Crippen LogP contribution in [-0.2, 0) is 6.42 Å². The lowest BCUT2D eigenvalue weighted by Crippen LogP contribution is -2.00. The van der Waals surface area contributed by atoms with Crippen LogP contribution in [0.25, 0.3) is 0 Å². The van der Waals surface area contributed by atoms with E-state index in [-0.39, 0.29) is 0 Å². The topological polar surface area (TPSA) is 20.2 Å². The lowest BCUT2D eigenvalue weighted by molar-refractivity contribution is 0.220. The van der Waals surface area contributed by atoms with Crippen molar-refractivity contribution in [3.63, 3.8) is 0 Å². The predicted molar refractivity (Wildman–Crippen MR) is 64.2 cm³/mol. The molecule has 2 heteroatoms. The molecule has 1 aromatic heterocycles. The summed E-state index contributed by atoms with van der Waals surface area (Å²) >= 11 is 1.65. The third-order valence-electron chi connectivity index (χ3n) is 2.57. The van der Waals surface area contributed by atoms with Gasteiger partial charge in [0, 0.05) is 0 Å². The fraction of sp³-hybridized carbons (Fsp3) is 0.231. The van der Waals surface area contributed by atoms with Crippen molar-refractivity contribution in [1.82, 2.24) is 0 Å². The molecule has 15 heavy (non-hydrogen) atoms. The van der Waals surface area contributed by atoms with Gasteiger partial charge in [-0.05, 0) is 33.9 Å². The Morgan fingerprint density at radius 1 is 1.20 bits per heavy atom. The highest BCUT2D eigenvalue weighted by Crippen LogP contribution is 2.27. The summed E-state index contributed by atoms with van der Waals surface area (Å²) in [6.07, 6.45) is 0.496. The zero-order chi connectivity index (χ0) is 10.7. The largest absolute Gasteiger partial charge is 0.384 e. The second kappa shape index (κ2) is 4.60. The number of aliphatic hydroxyl groups is 1. The van der Waals surface area contributed by atoms with E-state index in [2.05, 4.69) is 12.3 Å². The van der Waals surface area contributed by atoms with Gasteiger partial charge in [0.2, 0.25) is 0 Å². The van der Waals surface area contributed by atoms with Crippen LogP contribution in [0.4, 0.5) is 0 Å². The molecule has 0 amide bonds. The third kappa shape index (κ3) is 2.11. The first-order valence-electron chi connectivity index (χ1n) is 5.11. The second-order valence-electron chi connectivity index (χ2n) is 3.52.